The van der Waals surface area contributed by atoms with Gasteiger partial charge in [0.15, 0.2) is 0 Å². The molecule has 0 bridgehead atoms. The summed E-state index contributed by atoms with van der Waals surface area (Å²) in [4.78, 5) is 24.0. The first-order valence-electron chi connectivity index (χ1n) is 5.65. The number of amides is 1. The number of anilines is 1. The van der Waals surface area contributed by atoms with E-state index in [0.717, 1.165) is 5.56 Å². The van der Waals surface area contributed by atoms with Crippen molar-refractivity contribution in [2.24, 2.45) is 0 Å². The van der Waals surface area contributed by atoms with Crippen molar-refractivity contribution in [3.05, 3.63) is 51.7 Å². The maximum absolute atomic E-state index is 12.0. The van der Waals surface area contributed by atoms with E-state index >= 15 is 0 Å². The van der Waals surface area contributed by atoms with Gasteiger partial charge < -0.3 is 10.1 Å². The lowest BCUT2D eigenvalue weighted by atomic mass is 10.1. The molecule has 4 nitrogen and oxygen atoms in total. The summed E-state index contributed by atoms with van der Waals surface area (Å²) in [7, 11) is 1.33. The summed E-state index contributed by atoms with van der Waals surface area (Å²) in [5, 5.41) is 4.64. The Morgan fingerprint density at radius 1 is 1.26 bits per heavy atom. The van der Waals surface area contributed by atoms with Gasteiger partial charge in [0.1, 0.15) is 0 Å². The Kier molecular flexibility index (Phi) is 3.97. The lowest BCUT2D eigenvalue weighted by Crippen LogP contribution is -2.12. The highest BCUT2D eigenvalue weighted by atomic mass is 32.1. The van der Waals surface area contributed by atoms with E-state index in [9.17, 15) is 9.59 Å². The monoisotopic (exact) mass is 275 g/mol. The minimum absolute atomic E-state index is 0.180. The number of rotatable bonds is 3. The third-order valence-electron chi connectivity index (χ3n) is 2.65. The molecule has 2 aromatic rings. The van der Waals surface area contributed by atoms with Gasteiger partial charge in [-0.05, 0) is 36.1 Å². The Hall–Kier alpha value is -2.14. The molecule has 19 heavy (non-hydrogen) atoms. The number of aryl methyl sites for hydroxylation is 1. The van der Waals surface area contributed by atoms with Crippen LogP contribution in [0.25, 0.3) is 0 Å². The maximum atomic E-state index is 12.0. The predicted octanol–water partition coefficient (Wildman–Crippen LogP) is 3.10. The number of carbonyl (C=O) groups is 2. The summed E-state index contributed by atoms with van der Waals surface area (Å²) in [5.74, 6) is -0.605. The highest BCUT2D eigenvalue weighted by Gasteiger charge is 2.11. The largest absolute Gasteiger partial charge is 0.465 e. The SMILES string of the molecule is COC(=O)c1ccc(C)c(NC(=O)c2cccs2)c1. The van der Waals surface area contributed by atoms with Crippen LogP contribution < -0.4 is 5.32 Å². The van der Waals surface area contributed by atoms with E-state index in [4.69, 9.17) is 0 Å². The first-order chi connectivity index (χ1) is 9.11. The van der Waals surface area contributed by atoms with E-state index in [-0.39, 0.29) is 5.91 Å². The Bertz CT molecular complexity index is 605. The molecule has 0 spiro atoms. The fourth-order valence-corrected chi connectivity index (χ4v) is 2.21. The number of methoxy groups -OCH3 is 1. The van der Waals surface area contributed by atoms with Crippen molar-refractivity contribution in [1.29, 1.82) is 0 Å². The lowest BCUT2D eigenvalue weighted by molar-refractivity contribution is 0.0600. The molecule has 0 aliphatic heterocycles. The number of esters is 1. The van der Waals surface area contributed by atoms with Crippen LogP contribution in [0.2, 0.25) is 0 Å². The molecule has 2 rings (SSSR count). The molecule has 5 heteroatoms. The van der Waals surface area contributed by atoms with E-state index < -0.39 is 5.97 Å². The average Bonchev–Trinajstić information content (AvgIpc) is 2.94. The highest BCUT2D eigenvalue weighted by Crippen LogP contribution is 2.19. The summed E-state index contributed by atoms with van der Waals surface area (Å²) in [5.41, 5.74) is 1.91. The molecular weight excluding hydrogens is 262 g/mol. The molecule has 0 fully saturated rings. The van der Waals surface area contributed by atoms with Crippen LogP contribution >= 0.6 is 11.3 Å². The normalized spacial score (nSPS) is 10.0. The second-order valence-electron chi connectivity index (χ2n) is 3.95. The van der Waals surface area contributed by atoms with Crippen LogP contribution in [-0.4, -0.2) is 19.0 Å². The molecule has 1 aromatic heterocycles. The van der Waals surface area contributed by atoms with Crippen molar-refractivity contribution in [2.45, 2.75) is 6.92 Å². The molecule has 0 unspecified atom stereocenters. The quantitative estimate of drug-likeness (QED) is 0.876. The van der Waals surface area contributed by atoms with Gasteiger partial charge in [-0.1, -0.05) is 12.1 Å². The topological polar surface area (TPSA) is 55.4 Å². The van der Waals surface area contributed by atoms with Crippen molar-refractivity contribution < 1.29 is 14.3 Å². The predicted molar refractivity (Wildman–Crippen MR) is 74.8 cm³/mol. The van der Waals surface area contributed by atoms with Gasteiger partial charge in [0.2, 0.25) is 0 Å². The van der Waals surface area contributed by atoms with Gasteiger partial charge >= 0.3 is 5.97 Å². The highest BCUT2D eigenvalue weighted by molar-refractivity contribution is 7.12. The molecule has 1 amide bonds. The smallest absolute Gasteiger partial charge is 0.337 e. The first kappa shape index (κ1) is 13.3. The number of ether oxygens (including phenoxy) is 1. The Labute approximate surface area is 115 Å². The number of carbonyl (C=O) groups excluding carboxylic acids is 2. The van der Waals surface area contributed by atoms with Gasteiger partial charge in [0.25, 0.3) is 5.91 Å². The summed E-state index contributed by atoms with van der Waals surface area (Å²) < 4.78 is 4.66. The zero-order valence-corrected chi connectivity index (χ0v) is 11.4. The maximum Gasteiger partial charge on any atom is 0.337 e. The number of hydrogen-bond acceptors (Lipinski definition) is 4. The molecule has 0 atom stereocenters. The van der Waals surface area contributed by atoms with Crippen LogP contribution in [0.15, 0.2) is 35.7 Å². The van der Waals surface area contributed by atoms with Gasteiger partial charge in [-0.15, -0.1) is 11.3 Å². The fourth-order valence-electron chi connectivity index (χ4n) is 1.59. The van der Waals surface area contributed by atoms with Crippen LogP contribution in [0.4, 0.5) is 5.69 Å². The van der Waals surface area contributed by atoms with Gasteiger partial charge in [-0.25, -0.2) is 4.79 Å². The van der Waals surface area contributed by atoms with Gasteiger partial charge in [-0.3, -0.25) is 4.79 Å². The van der Waals surface area contributed by atoms with E-state index in [1.807, 2.05) is 18.4 Å². The molecule has 0 aliphatic carbocycles. The van der Waals surface area contributed by atoms with Crippen LogP contribution in [0.3, 0.4) is 0 Å². The number of hydrogen-bond donors (Lipinski definition) is 1. The Morgan fingerprint density at radius 2 is 2.05 bits per heavy atom. The summed E-state index contributed by atoms with van der Waals surface area (Å²) >= 11 is 1.37. The number of thiophene rings is 1. The minimum atomic E-state index is -0.424. The summed E-state index contributed by atoms with van der Waals surface area (Å²) in [6.07, 6.45) is 0. The second kappa shape index (κ2) is 5.67. The zero-order chi connectivity index (χ0) is 13.8. The van der Waals surface area contributed by atoms with Crippen LogP contribution in [0, 0.1) is 6.92 Å². The molecule has 0 aliphatic rings. The van der Waals surface area contributed by atoms with Crippen LogP contribution in [0.5, 0.6) is 0 Å². The Morgan fingerprint density at radius 3 is 2.68 bits per heavy atom. The minimum Gasteiger partial charge on any atom is -0.465 e. The second-order valence-corrected chi connectivity index (χ2v) is 4.90. The molecule has 0 saturated heterocycles. The molecule has 1 aromatic carbocycles. The third kappa shape index (κ3) is 3.00. The van der Waals surface area contributed by atoms with E-state index in [0.29, 0.717) is 16.1 Å². The Balaban J connectivity index is 2.24. The number of nitrogens with one attached hydrogen (secondary N) is 1. The molecule has 0 saturated carbocycles. The third-order valence-corrected chi connectivity index (χ3v) is 3.52. The lowest BCUT2D eigenvalue weighted by Gasteiger charge is -2.09. The van der Waals surface area contributed by atoms with E-state index in [1.165, 1.54) is 18.4 Å². The molecule has 0 radical (unpaired) electrons. The number of benzene rings is 1. The van der Waals surface area contributed by atoms with Crippen LogP contribution in [0.1, 0.15) is 25.6 Å². The molecular formula is C14H13NO3S. The molecule has 98 valence electrons. The fraction of sp³-hybridized carbons (Fsp3) is 0.143. The van der Waals surface area contributed by atoms with Crippen LogP contribution in [-0.2, 0) is 4.74 Å². The summed E-state index contributed by atoms with van der Waals surface area (Å²) in [6, 6.07) is 8.63. The van der Waals surface area contributed by atoms with Crippen molar-refractivity contribution in [3.63, 3.8) is 0 Å². The standard InChI is InChI=1S/C14H13NO3S/c1-9-5-6-10(14(17)18-2)8-11(9)15-13(16)12-4-3-7-19-12/h3-8H,1-2H3,(H,15,16). The first-order valence-corrected chi connectivity index (χ1v) is 6.53. The van der Waals surface area contributed by atoms with Crippen molar-refractivity contribution in [1.82, 2.24) is 0 Å². The summed E-state index contributed by atoms with van der Waals surface area (Å²) in [6.45, 7) is 1.87. The van der Waals surface area contributed by atoms with Crippen molar-refractivity contribution in [2.75, 3.05) is 12.4 Å². The van der Waals surface area contributed by atoms with Crippen molar-refractivity contribution in [3.8, 4) is 0 Å². The van der Waals surface area contributed by atoms with Gasteiger partial charge in [-0.2, -0.15) is 0 Å². The molecule has 1 heterocycles. The molecule has 1 N–H and O–H groups in total. The van der Waals surface area contributed by atoms with Gasteiger partial charge in [0.05, 0.1) is 17.6 Å². The van der Waals surface area contributed by atoms with Crippen molar-refractivity contribution >= 4 is 28.9 Å². The van der Waals surface area contributed by atoms with E-state index in [1.54, 1.807) is 24.3 Å². The van der Waals surface area contributed by atoms with E-state index in [2.05, 4.69) is 10.1 Å². The average molecular weight is 275 g/mol. The zero-order valence-electron chi connectivity index (χ0n) is 10.6. The van der Waals surface area contributed by atoms with Gasteiger partial charge in [0, 0.05) is 5.69 Å².